The maximum atomic E-state index is 13.5. The van der Waals surface area contributed by atoms with E-state index < -0.39 is 0 Å². The lowest BCUT2D eigenvalue weighted by Gasteiger charge is -2.12. The molecular weight excluding hydrogens is 389 g/mol. The number of H-pyrrole nitrogens is 1. The molecule has 2 amide bonds. The summed E-state index contributed by atoms with van der Waals surface area (Å²) in [6.07, 6.45) is 1.85. The molecule has 0 aliphatic heterocycles. The molecule has 0 bridgehead atoms. The molecule has 1 aromatic heterocycles. The van der Waals surface area contributed by atoms with Gasteiger partial charge in [0.25, 0.3) is 5.91 Å². The molecule has 1 heterocycles. The Balaban J connectivity index is 1.58. The average Bonchev–Trinajstić information content (AvgIpc) is 3.13. The summed E-state index contributed by atoms with van der Waals surface area (Å²) in [5.74, 6) is 0.173. The van der Waals surface area contributed by atoms with E-state index in [9.17, 15) is 14.0 Å². The lowest BCUT2D eigenvalue weighted by atomic mass is 10.1. The predicted molar refractivity (Wildman–Crippen MR) is 111 cm³/mol. The smallest absolute Gasteiger partial charge is 0.257 e. The number of amides is 2. The summed E-state index contributed by atoms with van der Waals surface area (Å²) in [7, 11) is 1.51. The number of aromatic amines is 1. The number of nitrogens with one attached hydrogen (secondary N) is 3. The number of carbonyl (C=O) groups excluding carboxylic acids is 2. The zero-order valence-electron chi connectivity index (χ0n) is 16.9. The Hall–Kier alpha value is -3.55. The first-order valence-electron chi connectivity index (χ1n) is 9.58. The Morgan fingerprint density at radius 3 is 2.67 bits per heavy atom. The van der Waals surface area contributed by atoms with Crippen LogP contribution in [-0.4, -0.2) is 37.1 Å². The first-order valence-corrected chi connectivity index (χ1v) is 9.58. The van der Waals surface area contributed by atoms with Crippen molar-refractivity contribution >= 4 is 22.7 Å². The first-order chi connectivity index (χ1) is 14.5. The van der Waals surface area contributed by atoms with E-state index in [0.717, 1.165) is 16.6 Å². The molecule has 0 aliphatic carbocycles. The fourth-order valence-electron chi connectivity index (χ4n) is 3.07. The van der Waals surface area contributed by atoms with Crippen molar-refractivity contribution in [2.24, 2.45) is 0 Å². The van der Waals surface area contributed by atoms with Gasteiger partial charge in [-0.05, 0) is 48.4 Å². The van der Waals surface area contributed by atoms with Crippen LogP contribution < -0.4 is 20.1 Å². The summed E-state index contributed by atoms with van der Waals surface area (Å²) in [5.41, 5.74) is 2.33. The monoisotopic (exact) mass is 413 g/mol. The van der Waals surface area contributed by atoms with Crippen LogP contribution >= 0.6 is 0 Å². The van der Waals surface area contributed by atoms with Gasteiger partial charge in [-0.2, -0.15) is 0 Å². The van der Waals surface area contributed by atoms with Crippen molar-refractivity contribution in [1.82, 2.24) is 15.6 Å². The normalized spacial score (nSPS) is 10.6. The lowest BCUT2D eigenvalue weighted by Crippen LogP contribution is -2.28. The number of fused-ring (bicyclic) bond motifs is 1. The van der Waals surface area contributed by atoms with E-state index in [1.165, 1.54) is 19.2 Å². The van der Waals surface area contributed by atoms with E-state index in [1.807, 2.05) is 6.92 Å². The van der Waals surface area contributed by atoms with Crippen molar-refractivity contribution in [2.75, 3.05) is 20.3 Å². The van der Waals surface area contributed by atoms with Crippen molar-refractivity contribution in [1.29, 1.82) is 0 Å². The van der Waals surface area contributed by atoms with E-state index in [0.29, 0.717) is 30.0 Å². The highest BCUT2D eigenvalue weighted by atomic mass is 19.1. The lowest BCUT2D eigenvalue weighted by molar-refractivity contribution is -0.123. The molecule has 30 heavy (non-hydrogen) atoms. The van der Waals surface area contributed by atoms with Crippen LogP contribution in [0, 0.1) is 5.82 Å². The highest BCUT2D eigenvalue weighted by molar-refractivity contribution is 5.88. The van der Waals surface area contributed by atoms with Gasteiger partial charge >= 0.3 is 0 Å². The van der Waals surface area contributed by atoms with Crippen LogP contribution in [0.4, 0.5) is 4.39 Å². The van der Waals surface area contributed by atoms with Crippen molar-refractivity contribution in [3.05, 3.63) is 59.5 Å². The van der Waals surface area contributed by atoms with Crippen LogP contribution in [0.15, 0.2) is 42.6 Å². The average molecular weight is 413 g/mol. The molecule has 3 N–H and O–H groups in total. The van der Waals surface area contributed by atoms with E-state index in [-0.39, 0.29) is 30.7 Å². The number of methoxy groups -OCH3 is 1. The Morgan fingerprint density at radius 2 is 1.90 bits per heavy atom. The molecule has 3 aromatic rings. The van der Waals surface area contributed by atoms with Gasteiger partial charge in [0, 0.05) is 30.2 Å². The molecule has 8 heteroatoms. The second-order valence-electron chi connectivity index (χ2n) is 6.68. The molecular formula is C22H24FN3O4. The van der Waals surface area contributed by atoms with E-state index >= 15 is 0 Å². The van der Waals surface area contributed by atoms with Gasteiger partial charge in [0.1, 0.15) is 5.82 Å². The Labute approximate surface area is 173 Å². The highest BCUT2D eigenvalue weighted by Crippen LogP contribution is 2.28. The molecule has 0 saturated heterocycles. The number of hydrogen-bond donors (Lipinski definition) is 3. The summed E-state index contributed by atoms with van der Waals surface area (Å²) in [6, 6.07) is 9.67. The Bertz CT molecular complexity index is 1050. The second-order valence-corrected chi connectivity index (χ2v) is 6.68. The number of halogens is 1. The maximum Gasteiger partial charge on any atom is 0.257 e. The van der Waals surface area contributed by atoms with E-state index in [2.05, 4.69) is 15.6 Å². The SMILES string of the molecule is CCNC(=O)COc1ccc(CNC(=O)Cc2c[nH]c3ccc(F)cc23)cc1OC. The van der Waals surface area contributed by atoms with Gasteiger partial charge in [-0.15, -0.1) is 0 Å². The minimum Gasteiger partial charge on any atom is -0.493 e. The first kappa shape index (κ1) is 21.2. The molecule has 7 nitrogen and oxygen atoms in total. The zero-order chi connectivity index (χ0) is 21.5. The van der Waals surface area contributed by atoms with Crippen molar-refractivity contribution in [3.8, 4) is 11.5 Å². The van der Waals surface area contributed by atoms with E-state index in [1.54, 1.807) is 30.5 Å². The molecule has 0 fully saturated rings. The van der Waals surface area contributed by atoms with Crippen molar-refractivity contribution in [2.45, 2.75) is 19.9 Å². The summed E-state index contributed by atoms with van der Waals surface area (Å²) >= 11 is 0. The molecule has 3 rings (SSSR count). The third-order valence-corrected chi connectivity index (χ3v) is 4.53. The number of benzene rings is 2. The van der Waals surface area contributed by atoms with Gasteiger partial charge in [0.15, 0.2) is 18.1 Å². The molecule has 0 radical (unpaired) electrons. The minimum atomic E-state index is -0.342. The van der Waals surface area contributed by atoms with Crippen LogP contribution in [-0.2, 0) is 22.6 Å². The third-order valence-electron chi connectivity index (χ3n) is 4.53. The van der Waals surface area contributed by atoms with Crippen LogP contribution in [0.1, 0.15) is 18.1 Å². The minimum absolute atomic E-state index is 0.106. The number of rotatable bonds is 9. The van der Waals surface area contributed by atoms with Gasteiger partial charge < -0.3 is 25.1 Å². The predicted octanol–water partition coefficient (Wildman–Crippen LogP) is 2.69. The molecule has 0 unspecified atom stereocenters. The van der Waals surface area contributed by atoms with Gasteiger partial charge in [0.2, 0.25) is 5.91 Å². The largest absolute Gasteiger partial charge is 0.493 e. The fourth-order valence-corrected chi connectivity index (χ4v) is 3.07. The van der Waals surface area contributed by atoms with Crippen molar-refractivity contribution < 1.29 is 23.5 Å². The molecule has 0 spiro atoms. The molecule has 0 aliphatic rings. The molecule has 0 atom stereocenters. The van der Waals surface area contributed by atoms with Gasteiger partial charge in [-0.1, -0.05) is 6.07 Å². The number of hydrogen-bond acceptors (Lipinski definition) is 4. The topological polar surface area (TPSA) is 92.5 Å². The zero-order valence-corrected chi connectivity index (χ0v) is 16.9. The summed E-state index contributed by atoms with van der Waals surface area (Å²) in [6.45, 7) is 2.55. The number of carbonyl (C=O) groups is 2. The Kier molecular flexibility index (Phi) is 6.90. The summed E-state index contributed by atoms with van der Waals surface area (Å²) in [4.78, 5) is 26.9. The summed E-state index contributed by atoms with van der Waals surface area (Å²) in [5, 5.41) is 6.20. The quantitative estimate of drug-likeness (QED) is 0.503. The van der Waals surface area contributed by atoms with Crippen LogP contribution in [0.3, 0.4) is 0 Å². The molecule has 158 valence electrons. The molecule has 0 saturated carbocycles. The number of aromatic nitrogens is 1. The molecule has 2 aromatic carbocycles. The highest BCUT2D eigenvalue weighted by Gasteiger charge is 2.11. The second kappa shape index (κ2) is 9.78. The van der Waals surface area contributed by atoms with Crippen molar-refractivity contribution in [3.63, 3.8) is 0 Å². The fraction of sp³-hybridized carbons (Fsp3) is 0.273. The van der Waals surface area contributed by atoms with Crippen LogP contribution in [0.5, 0.6) is 11.5 Å². The standard InChI is InChI=1S/C22H24FN3O4/c1-3-24-22(28)13-30-19-7-4-14(8-20(19)29-2)11-26-21(27)9-15-12-25-18-6-5-16(23)10-17(15)18/h4-8,10,12,25H,3,9,11,13H2,1-2H3,(H,24,28)(H,26,27). The number of ether oxygens (including phenoxy) is 2. The Morgan fingerprint density at radius 1 is 1.07 bits per heavy atom. The summed E-state index contributed by atoms with van der Waals surface area (Å²) < 4.78 is 24.3. The number of likely N-dealkylation sites (N-methyl/N-ethyl adjacent to an activating group) is 1. The van der Waals surface area contributed by atoms with Gasteiger partial charge in [-0.3, -0.25) is 9.59 Å². The maximum absolute atomic E-state index is 13.5. The van der Waals surface area contributed by atoms with Crippen LogP contribution in [0.2, 0.25) is 0 Å². The third kappa shape index (κ3) is 5.28. The van der Waals surface area contributed by atoms with E-state index in [4.69, 9.17) is 9.47 Å². The van der Waals surface area contributed by atoms with Gasteiger partial charge in [0.05, 0.1) is 13.5 Å². The van der Waals surface area contributed by atoms with Gasteiger partial charge in [-0.25, -0.2) is 4.39 Å². The van der Waals surface area contributed by atoms with Crippen LogP contribution in [0.25, 0.3) is 10.9 Å².